The van der Waals surface area contributed by atoms with Crippen molar-refractivity contribution in [2.75, 3.05) is 12.3 Å². The number of ether oxygens (including phenoxy) is 1. The van der Waals surface area contributed by atoms with E-state index in [1.54, 1.807) is 16.8 Å². The number of nitrogens with zero attached hydrogens (tertiary/aromatic N) is 2. The lowest BCUT2D eigenvalue weighted by atomic mass is 10.3. The largest absolute Gasteiger partial charge is 0.491 e. The predicted octanol–water partition coefficient (Wildman–Crippen LogP) is 2.28. The summed E-state index contributed by atoms with van der Waals surface area (Å²) in [4.78, 5) is 0. The molecule has 0 aliphatic heterocycles. The highest BCUT2D eigenvalue weighted by Gasteiger charge is 2.13. The molecule has 5 nitrogen and oxygen atoms in total. The predicted molar refractivity (Wildman–Crippen MR) is 81.8 cm³/mol. The van der Waals surface area contributed by atoms with Crippen LogP contribution in [0.1, 0.15) is 11.4 Å². The summed E-state index contributed by atoms with van der Waals surface area (Å²) in [5.41, 5.74) is 8.20. The van der Waals surface area contributed by atoms with Crippen molar-refractivity contribution in [3.63, 3.8) is 0 Å². The first-order chi connectivity index (χ1) is 9.47. The lowest BCUT2D eigenvalue weighted by Crippen LogP contribution is -2.24. The molecule has 3 N–H and O–H groups in total. The highest BCUT2D eigenvalue weighted by Crippen LogP contribution is 2.20. The van der Waals surface area contributed by atoms with Crippen molar-refractivity contribution in [1.29, 1.82) is 0 Å². The van der Waals surface area contributed by atoms with Gasteiger partial charge < -0.3 is 15.6 Å². The van der Waals surface area contributed by atoms with E-state index in [9.17, 15) is 5.11 Å². The first kappa shape index (κ1) is 14.9. The SMILES string of the molecule is Cc1nn(CC(O)COc2cccc(N)c2)c(C)c1Br. The second kappa shape index (κ2) is 6.28. The molecule has 1 unspecified atom stereocenters. The van der Waals surface area contributed by atoms with Gasteiger partial charge in [0.05, 0.1) is 16.7 Å². The first-order valence-electron chi connectivity index (χ1n) is 6.33. The molecular formula is C14H18BrN3O2. The van der Waals surface area contributed by atoms with Crippen molar-refractivity contribution >= 4 is 21.6 Å². The maximum absolute atomic E-state index is 10.0. The molecule has 1 heterocycles. The Balaban J connectivity index is 1.92. The van der Waals surface area contributed by atoms with Crippen molar-refractivity contribution in [3.8, 4) is 5.75 Å². The summed E-state index contributed by atoms with van der Waals surface area (Å²) in [5, 5.41) is 14.4. The van der Waals surface area contributed by atoms with Gasteiger partial charge in [0.1, 0.15) is 18.5 Å². The smallest absolute Gasteiger partial charge is 0.121 e. The number of rotatable bonds is 5. The fourth-order valence-corrected chi connectivity index (χ4v) is 2.19. The Labute approximate surface area is 126 Å². The van der Waals surface area contributed by atoms with Gasteiger partial charge in [0, 0.05) is 17.4 Å². The third-order valence-corrected chi connectivity index (χ3v) is 4.12. The average molecular weight is 340 g/mol. The minimum atomic E-state index is -0.638. The van der Waals surface area contributed by atoms with Crippen molar-refractivity contribution in [3.05, 3.63) is 40.1 Å². The number of nitrogen functional groups attached to an aromatic ring is 1. The fourth-order valence-electron chi connectivity index (χ4n) is 1.90. The monoisotopic (exact) mass is 339 g/mol. The Morgan fingerprint density at radius 1 is 1.45 bits per heavy atom. The molecule has 0 spiro atoms. The molecule has 2 rings (SSSR count). The number of aliphatic hydroxyl groups is 1. The van der Waals surface area contributed by atoms with E-state index in [4.69, 9.17) is 10.5 Å². The highest BCUT2D eigenvalue weighted by atomic mass is 79.9. The van der Waals surface area contributed by atoms with E-state index < -0.39 is 6.10 Å². The van der Waals surface area contributed by atoms with E-state index in [1.165, 1.54) is 0 Å². The molecule has 6 heteroatoms. The summed E-state index contributed by atoms with van der Waals surface area (Å²) in [7, 11) is 0. The molecule has 0 amide bonds. The van der Waals surface area contributed by atoms with Gasteiger partial charge in [-0.2, -0.15) is 5.10 Å². The Morgan fingerprint density at radius 2 is 2.20 bits per heavy atom. The van der Waals surface area contributed by atoms with Crippen LogP contribution in [-0.2, 0) is 6.54 Å². The van der Waals surface area contributed by atoms with Crippen LogP contribution in [-0.4, -0.2) is 27.6 Å². The summed E-state index contributed by atoms with van der Waals surface area (Å²) >= 11 is 3.46. The van der Waals surface area contributed by atoms with Gasteiger partial charge in [-0.05, 0) is 41.9 Å². The van der Waals surface area contributed by atoms with E-state index in [-0.39, 0.29) is 6.61 Å². The number of nitrogens with two attached hydrogens (primary N) is 1. The molecule has 0 fully saturated rings. The number of hydrogen-bond donors (Lipinski definition) is 2. The third-order valence-electron chi connectivity index (χ3n) is 2.98. The number of halogens is 1. The molecule has 0 saturated carbocycles. The van der Waals surface area contributed by atoms with Gasteiger partial charge in [0.15, 0.2) is 0 Å². The maximum Gasteiger partial charge on any atom is 0.121 e. The Morgan fingerprint density at radius 3 is 2.80 bits per heavy atom. The zero-order valence-electron chi connectivity index (χ0n) is 11.5. The number of aliphatic hydroxyl groups excluding tert-OH is 1. The zero-order valence-corrected chi connectivity index (χ0v) is 13.1. The lowest BCUT2D eigenvalue weighted by molar-refractivity contribution is 0.0887. The van der Waals surface area contributed by atoms with Crippen LogP contribution >= 0.6 is 15.9 Å². The van der Waals surface area contributed by atoms with E-state index in [2.05, 4.69) is 21.0 Å². The van der Waals surface area contributed by atoms with Crippen LogP contribution in [0.5, 0.6) is 5.75 Å². The molecule has 1 aromatic carbocycles. The summed E-state index contributed by atoms with van der Waals surface area (Å²) in [6.45, 7) is 4.46. The molecule has 108 valence electrons. The van der Waals surface area contributed by atoms with Crippen LogP contribution in [0.25, 0.3) is 0 Å². The van der Waals surface area contributed by atoms with Crippen molar-refractivity contribution in [2.24, 2.45) is 0 Å². The molecule has 0 aliphatic carbocycles. The highest BCUT2D eigenvalue weighted by molar-refractivity contribution is 9.10. The number of aryl methyl sites for hydroxylation is 1. The van der Waals surface area contributed by atoms with Gasteiger partial charge in [-0.25, -0.2) is 0 Å². The Bertz CT molecular complexity index is 598. The maximum atomic E-state index is 10.0. The zero-order chi connectivity index (χ0) is 14.7. The molecule has 1 aromatic heterocycles. The fraction of sp³-hybridized carbons (Fsp3) is 0.357. The molecule has 0 aliphatic rings. The molecule has 0 bridgehead atoms. The van der Waals surface area contributed by atoms with Crippen LogP contribution in [0.4, 0.5) is 5.69 Å². The lowest BCUT2D eigenvalue weighted by Gasteiger charge is -2.13. The van der Waals surface area contributed by atoms with Crippen molar-refractivity contribution < 1.29 is 9.84 Å². The van der Waals surface area contributed by atoms with Crippen LogP contribution in [0.3, 0.4) is 0 Å². The summed E-state index contributed by atoms with van der Waals surface area (Å²) in [5.74, 6) is 0.651. The van der Waals surface area contributed by atoms with E-state index in [0.29, 0.717) is 18.0 Å². The standard InChI is InChI=1S/C14H18BrN3O2/c1-9-14(15)10(2)18(17-9)7-12(19)8-20-13-5-3-4-11(16)6-13/h3-6,12,19H,7-8,16H2,1-2H3. The van der Waals surface area contributed by atoms with Crippen LogP contribution in [0, 0.1) is 13.8 Å². The van der Waals surface area contributed by atoms with Crippen LogP contribution in [0.15, 0.2) is 28.7 Å². The minimum Gasteiger partial charge on any atom is -0.491 e. The first-order valence-corrected chi connectivity index (χ1v) is 7.12. The van der Waals surface area contributed by atoms with Crippen LogP contribution in [0.2, 0.25) is 0 Å². The van der Waals surface area contributed by atoms with Crippen molar-refractivity contribution in [2.45, 2.75) is 26.5 Å². The van der Waals surface area contributed by atoms with Gasteiger partial charge in [-0.15, -0.1) is 0 Å². The molecule has 0 radical (unpaired) electrons. The van der Waals surface area contributed by atoms with E-state index in [0.717, 1.165) is 15.9 Å². The summed E-state index contributed by atoms with van der Waals surface area (Å²) in [6.07, 6.45) is -0.638. The summed E-state index contributed by atoms with van der Waals surface area (Å²) in [6, 6.07) is 7.14. The van der Waals surface area contributed by atoms with E-state index >= 15 is 0 Å². The number of anilines is 1. The number of hydrogen-bond acceptors (Lipinski definition) is 4. The van der Waals surface area contributed by atoms with Crippen molar-refractivity contribution in [1.82, 2.24) is 9.78 Å². The van der Waals surface area contributed by atoms with Gasteiger partial charge in [0.2, 0.25) is 0 Å². The quantitative estimate of drug-likeness (QED) is 0.819. The second-order valence-electron chi connectivity index (χ2n) is 4.70. The normalized spacial score (nSPS) is 12.4. The van der Waals surface area contributed by atoms with Crippen LogP contribution < -0.4 is 10.5 Å². The topological polar surface area (TPSA) is 73.3 Å². The molecule has 1 atom stereocenters. The number of benzene rings is 1. The molecular weight excluding hydrogens is 322 g/mol. The molecule has 2 aromatic rings. The minimum absolute atomic E-state index is 0.194. The van der Waals surface area contributed by atoms with Gasteiger partial charge in [-0.1, -0.05) is 6.07 Å². The van der Waals surface area contributed by atoms with E-state index in [1.807, 2.05) is 26.0 Å². The molecule has 20 heavy (non-hydrogen) atoms. The third kappa shape index (κ3) is 3.52. The van der Waals surface area contributed by atoms with Gasteiger partial charge in [0.25, 0.3) is 0 Å². The summed E-state index contributed by atoms with van der Waals surface area (Å²) < 4.78 is 8.26. The van der Waals surface area contributed by atoms with Gasteiger partial charge >= 0.3 is 0 Å². The average Bonchev–Trinajstić information content (AvgIpc) is 2.64. The van der Waals surface area contributed by atoms with Gasteiger partial charge in [-0.3, -0.25) is 4.68 Å². The molecule has 0 saturated heterocycles. The number of aromatic nitrogens is 2. The Kier molecular flexibility index (Phi) is 4.67. The second-order valence-corrected chi connectivity index (χ2v) is 5.50. The Hall–Kier alpha value is -1.53.